The molecular weight excluding hydrogens is 288 g/mol. The van der Waals surface area contributed by atoms with Crippen LogP contribution in [0.1, 0.15) is 23.7 Å². The smallest absolute Gasteiger partial charge is 0.211 e. The fourth-order valence-electron chi connectivity index (χ4n) is 2.44. The monoisotopic (exact) mass is 302 g/mol. The van der Waals surface area contributed by atoms with Gasteiger partial charge < -0.3 is 9.47 Å². The zero-order valence-electron chi connectivity index (χ0n) is 11.6. The Morgan fingerprint density at radius 3 is 3.05 bits per heavy atom. The molecule has 0 aromatic heterocycles. The number of fused-ring (bicyclic) bond motifs is 1. The number of rotatable bonds is 3. The van der Waals surface area contributed by atoms with Crippen LogP contribution in [0.3, 0.4) is 0 Å². The molecule has 1 unspecified atom stereocenters. The molecule has 3 nitrogen and oxygen atoms in total. The van der Waals surface area contributed by atoms with Crippen LogP contribution in [-0.4, -0.2) is 18.5 Å². The van der Waals surface area contributed by atoms with E-state index >= 15 is 0 Å². The summed E-state index contributed by atoms with van der Waals surface area (Å²) in [5, 5.41) is 0.645. The molecule has 1 heterocycles. The molecule has 0 spiro atoms. The number of halogens is 1. The first-order valence-corrected chi connectivity index (χ1v) is 7.27. The summed E-state index contributed by atoms with van der Waals surface area (Å²) in [6.07, 6.45) is 7.48. The van der Waals surface area contributed by atoms with E-state index in [0.717, 1.165) is 5.57 Å². The number of ether oxygens (including phenoxy) is 2. The van der Waals surface area contributed by atoms with Gasteiger partial charge in [-0.1, -0.05) is 23.8 Å². The summed E-state index contributed by atoms with van der Waals surface area (Å²) < 4.78 is 11.3. The van der Waals surface area contributed by atoms with E-state index in [2.05, 4.69) is 0 Å². The third-order valence-electron chi connectivity index (χ3n) is 3.44. The zero-order valence-corrected chi connectivity index (χ0v) is 12.4. The van der Waals surface area contributed by atoms with Crippen LogP contribution >= 0.6 is 11.6 Å². The minimum atomic E-state index is -0.569. The van der Waals surface area contributed by atoms with Gasteiger partial charge in [0.05, 0.1) is 12.2 Å². The van der Waals surface area contributed by atoms with E-state index in [-0.39, 0.29) is 5.78 Å². The number of ketones is 1. The minimum absolute atomic E-state index is 0.0147. The molecule has 1 aromatic rings. The highest BCUT2D eigenvalue weighted by Crippen LogP contribution is 2.36. The highest BCUT2D eigenvalue weighted by molar-refractivity contribution is 6.31. The second-order valence-corrected chi connectivity index (χ2v) is 5.29. The second kappa shape index (κ2) is 5.78. The summed E-state index contributed by atoms with van der Waals surface area (Å²) in [6.45, 7) is 2.50. The Morgan fingerprint density at radius 2 is 2.24 bits per heavy atom. The highest BCUT2D eigenvalue weighted by Gasteiger charge is 2.34. The first-order chi connectivity index (χ1) is 10.2. The van der Waals surface area contributed by atoms with Gasteiger partial charge in [-0.15, -0.1) is 0 Å². The van der Waals surface area contributed by atoms with Crippen molar-refractivity contribution in [1.29, 1.82) is 0 Å². The van der Waals surface area contributed by atoms with Crippen LogP contribution in [0.4, 0.5) is 0 Å². The molecule has 0 saturated carbocycles. The fraction of sp³-hybridized carbons (Fsp3) is 0.235. The number of carbonyl (C=O) groups excluding carboxylic acids is 1. The number of Topliss-reactive ketones (excluding diaryl/α,β-unsaturated/α-hetero) is 1. The molecule has 2 aliphatic rings. The van der Waals surface area contributed by atoms with Crippen molar-refractivity contribution < 1.29 is 14.3 Å². The lowest BCUT2D eigenvalue weighted by atomic mass is 10.00. The molecule has 0 N–H and O–H groups in total. The predicted octanol–water partition coefficient (Wildman–Crippen LogP) is 4.04. The van der Waals surface area contributed by atoms with Crippen molar-refractivity contribution in [3.63, 3.8) is 0 Å². The molecule has 0 fully saturated rings. The van der Waals surface area contributed by atoms with Gasteiger partial charge in [0.15, 0.2) is 6.10 Å². The largest absolute Gasteiger partial charge is 0.494 e. The maximum atomic E-state index is 12.5. The molecule has 0 saturated heterocycles. The van der Waals surface area contributed by atoms with Crippen LogP contribution in [0, 0.1) is 0 Å². The van der Waals surface area contributed by atoms with Crippen molar-refractivity contribution in [3.05, 3.63) is 58.7 Å². The van der Waals surface area contributed by atoms with Crippen LogP contribution in [0.15, 0.2) is 53.1 Å². The number of allylic oxidation sites excluding steroid dienone is 5. The van der Waals surface area contributed by atoms with Gasteiger partial charge in [0.2, 0.25) is 5.78 Å². The summed E-state index contributed by atoms with van der Waals surface area (Å²) in [4.78, 5) is 12.5. The molecule has 0 amide bonds. The maximum absolute atomic E-state index is 12.5. The molecule has 108 valence electrons. The molecule has 1 aromatic carbocycles. The van der Waals surface area contributed by atoms with Crippen LogP contribution in [0.5, 0.6) is 11.5 Å². The Bertz CT molecular complexity index is 671. The van der Waals surface area contributed by atoms with E-state index in [1.807, 2.05) is 25.2 Å². The maximum Gasteiger partial charge on any atom is 0.211 e. The lowest BCUT2D eigenvalue weighted by Gasteiger charge is -2.11. The van der Waals surface area contributed by atoms with Crippen LogP contribution in [-0.2, 0) is 0 Å². The van der Waals surface area contributed by atoms with Gasteiger partial charge >= 0.3 is 0 Å². The van der Waals surface area contributed by atoms with Gasteiger partial charge in [-0.05, 0) is 43.2 Å². The van der Waals surface area contributed by atoms with Gasteiger partial charge in [-0.25, -0.2) is 0 Å². The number of benzene rings is 1. The molecule has 1 aliphatic carbocycles. The van der Waals surface area contributed by atoms with Gasteiger partial charge in [0, 0.05) is 11.1 Å². The lowest BCUT2D eigenvalue weighted by molar-refractivity contribution is 0.0893. The normalized spacial score (nSPS) is 20.3. The van der Waals surface area contributed by atoms with Gasteiger partial charge in [0.25, 0.3) is 0 Å². The Hall–Kier alpha value is -2.00. The van der Waals surface area contributed by atoms with E-state index in [1.54, 1.807) is 24.3 Å². The summed E-state index contributed by atoms with van der Waals surface area (Å²) in [5.74, 6) is 1.28. The zero-order chi connectivity index (χ0) is 14.8. The third kappa shape index (κ3) is 2.74. The molecular formula is C17H15ClO3. The van der Waals surface area contributed by atoms with E-state index in [9.17, 15) is 4.79 Å². The molecule has 4 heteroatoms. The summed E-state index contributed by atoms with van der Waals surface area (Å²) >= 11 is 5.96. The fourth-order valence-corrected chi connectivity index (χ4v) is 2.59. The predicted molar refractivity (Wildman–Crippen MR) is 82.1 cm³/mol. The van der Waals surface area contributed by atoms with E-state index in [1.165, 1.54) is 0 Å². The average Bonchev–Trinajstić information content (AvgIpc) is 2.65. The Kier molecular flexibility index (Phi) is 3.84. The van der Waals surface area contributed by atoms with Crippen LogP contribution in [0.25, 0.3) is 0 Å². The summed E-state index contributed by atoms with van der Waals surface area (Å²) in [6, 6.07) is 5.33. The number of carbonyl (C=O) groups is 1. The van der Waals surface area contributed by atoms with Crippen molar-refractivity contribution in [2.24, 2.45) is 0 Å². The van der Waals surface area contributed by atoms with Crippen molar-refractivity contribution in [1.82, 2.24) is 0 Å². The number of hydrogen-bond acceptors (Lipinski definition) is 3. The standard InChI is InChI=1S/C17H15ClO3/c1-2-20-13-8-9-14-15(10-13)21-17(16(14)19)11-4-3-5-12(18)7-6-11/h3,5-10,17H,2,4H2,1H3. The first-order valence-electron chi connectivity index (χ1n) is 6.89. The van der Waals surface area contributed by atoms with Crippen LogP contribution < -0.4 is 9.47 Å². The molecule has 0 radical (unpaired) electrons. The minimum Gasteiger partial charge on any atom is -0.494 e. The molecule has 0 bridgehead atoms. The van der Waals surface area contributed by atoms with Crippen molar-refractivity contribution in [3.8, 4) is 11.5 Å². The molecule has 21 heavy (non-hydrogen) atoms. The van der Waals surface area contributed by atoms with Crippen molar-refractivity contribution >= 4 is 17.4 Å². The highest BCUT2D eigenvalue weighted by atomic mass is 35.5. The third-order valence-corrected chi connectivity index (χ3v) is 3.69. The van der Waals surface area contributed by atoms with Crippen molar-refractivity contribution in [2.75, 3.05) is 6.61 Å². The molecule has 3 rings (SSSR count). The van der Waals surface area contributed by atoms with E-state index in [0.29, 0.717) is 35.1 Å². The Labute approximate surface area is 128 Å². The molecule has 1 atom stereocenters. The van der Waals surface area contributed by atoms with Crippen molar-refractivity contribution in [2.45, 2.75) is 19.4 Å². The quantitative estimate of drug-likeness (QED) is 0.845. The SMILES string of the molecule is CCOc1ccc2c(c1)OC(C1=CC=C(Cl)C=CC1)C2=O. The molecule has 1 aliphatic heterocycles. The van der Waals surface area contributed by atoms with E-state index in [4.69, 9.17) is 21.1 Å². The Balaban J connectivity index is 1.88. The summed E-state index contributed by atoms with van der Waals surface area (Å²) in [5.41, 5.74) is 1.51. The van der Waals surface area contributed by atoms with Gasteiger partial charge in [-0.3, -0.25) is 4.79 Å². The number of hydrogen-bond donors (Lipinski definition) is 0. The van der Waals surface area contributed by atoms with Gasteiger partial charge in [0.1, 0.15) is 11.5 Å². The second-order valence-electron chi connectivity index (χ2n) is 4.85. The van der Waals surface area contributed by atoms with E-state index < -0.39 is 6.10 Å². The van der Waals surface area contributed by atoms with Crippen LogP contribution in [0.2, 0.25) is 0 Å². The topological polar surface area (TPSA) is 35.5 Å². The lowest BCUT2D eigenvalue weighted by Crippen LogP contribution is -2.22. The Morgan fingerprint density at radius 1 is 1.38 bits per heavy atom. The first kappa shape index (κ1) is 14.0. The van der Waals surface area contributed by atoms with Gasteiger partial charge in [-0.2, -0.15) is 0 Å². The summed E-state index contributed by atoms with van der Waals surface area (Å²) in [7, 11) is 0. The average molecular weight is 303 g/mol.